The Morgan fingerprint density at radius 3 is 2.44 bits per heavy atom. The molecule has 36 heavy (non-hydrogen) atoms. The van der Waals surface area contributed by atoms with Crippen molar-refractivity contribution in [3.63, 3.8) is 0 Å². The van der Waals surface area contributed by atoms with Crippen LogP contribution < -0.4 is 0 Å². The number of aromatic nitrogens is 3. The number of Topliss-reactive ketones (excluding diaryl/α,β-unsaturated/α-hetero) is 1. The minimum atomic E-state index is -0.580. The molecule has 0 aliphatic carbocycles. The lowest BCUT2D eigenvalue weighted by molar-refractivity contribution is 0.0903. The summed E-state index contributed by atoms with van der Waals surface area (Å²) in [5, 5.41) is 18.9. The minimum Gasteiger partial charge on any atom is -0.395 e. The molecule has 2 aromatic heterocycles. The Bertz CT molecular complexity index is 1280. The summed E-state index contributed by atoms with van der Waals surface area (Å²) in [6.07, 6.45) is 3.96. The molecule has 0 aliphatic rings. The van der Waals surface area contributed by atoms with E-state index in [1.54, 1.807) is 30.5 Å². The van der Waals surface area contributed by atoms with Crippen LogP contribution in [0.5, 0.6) is 0 Å². The molecule has 0 radical (unpaired) electrons. The summed E-state index contributed by atoms with van der Waals surface area (Å²) in [6.45, 7) is 1.71. The Hall–Kier alpha value is -3.72. The molecule has 7 nitrogen and oxygen atoms in total. The van der Waals surface area contributed by atoms with E-state index in [-0.39, 0.29) is 18.2 Å². The fourth-order valence-corrected chi connectivity index (χ4v) is 4.13. The number of rotatable bonds is 12. The van der Waals surface area contributed by atoms with E-state index in [0.717, 1.165) is 16.8 Å². The normalized spacial score (nSPS) is 11.2. The number of carbonyl (C=O) groups is 1. The number of benzene rings is 2. The van der Waals surface area contributed by atoms with Crippen molar-refractivity contribution in [1.29, 1.82) is 0 Å². The van der Waals surface area contributed by atoms with Gasteiger partial charge in [0.05, 0.1) is 18.5 Å². The fraction of sp³-hybridized carbons (Fsp3) is 0.250. The largest absolute Gasteiger partial charge is 0.395 e. The number of aryl methyl sites for hydroxylation is 1. The van der Waals surface area contributed by atoms with Gasteiger partial charge in [0.1, 0.15) is 18.1 Å². The standard InChI is InChI=1S/C28H29FN4O3/c29-24-8-6-21(7-9-24)11-13-33-25(19-32(14-15-34)18-22-4-2-1-3-5-22)17-31-28(33)26-16-23(10-12-30-26)27(36)20-35/h1-10,12,16-17,34-35H,11,13-15,18-20H2. The van der Waals surface area contributed by atoms with Gasteiger partial charge < -0.3 is 14.8 Å². The highest BCUT2D eigenvalue weighted by atomic mass is 19.1. The summed E-state index contributed by atoms with van der Waals surface area (Å²) in [7, 11) is 0. The Morgan fingerprint density at radius 2 is 1.72 bits per heavy atom. The third kappa shape index (κ3) is 6.48. The molecule has 4 rings (SSSR count). The number of ketones is 1. The quantitative estimate of drug-likeness (QED) is 0.297. The van der Waals surface area contributed by atoms with Crippen molar-refractivity contribution in [3.05, 3.63) is 107 Å². The monoisotopic (exact) mass is 488 g/mol. The first kappa shape index (κ1) is 25.4. The van der Waals surface area contributed by atoms with Gasteiger partial charge in [0.15, 0.2) is 11.6 Å². The van der Waals surface area contributed by atoms with Gasteiger partial charge in [0, 0.05) is 37.9 Å². The molecule has 0 amide bonds. The number of halogens is 1. The second kappa shape index (κ2) is 12.3. The minimum absolute atomic E-state index is 0.0241. The molecule has 8 heteroatoms. The number of pyridine rings is 1. The van der Waals surface area contributed by atoms with Crippen molar-refractivity contribution >= 4 is 5.78 Å². The first-order chi connectivity index (χ1) is 17.6. The molecule has 2 aromatic carbocycles. The average Bonchev–Trinajstić information content (AvgIpc) is 3.31. The van der Waals surface area contributed by atoms with Gasteiger partial charge >= 0.3 is 0 Å². The van der Waals surface area contributed by atoms with E-state index in [4.69, 9.17) is 0 Å². The molecule has 0 atom stereocenters. The van der Waals surface area contributed by atoms with Gasteiger partial charge in [-0.2, -0.15) is 0 Å². The fourth-order valence-electron chi connectivity index (χ4n) is 4.13. The van der Waals surface area contributed by atoms with Crippen LogP contribution in [0.25, 0.3) is 11.5 Å². The van der Waals surface area contributed by atoms with E-state index in [2.05, 4.69) is 27.0 Å². The molecular formula is C28H29FN4O3. The van der Waals surface area contributed by atoms with Crippen LogP contribution in [0.1, 0.15) is 27.2 Å². The summed E-state index contributed by atoms with van der Waals surface area (Å²) >= 11 is 0. The number of imidazole rings is 1. The van der Waals surface area contributed by atoms with Gasteiger partial charge in [-0.25, -0.2) is 9.37 Å². The Morgan fingerprint density at radius 1 is 0.944 bits per heavy atom. The second-order valence-electron chi connectivity index (χ2n) is 8.53. The predicted octanol–water partition coefficient (Wildman–Crippen LogP) is 3.50. The van der Waals surface area contributed by atoms with Crippen molar-refractivity contribution in [2.45, 2.75) is 26.1 Å². The summed E-state index contributed by atoms with van der Waals surface area (Å²) in [6, 6.07) is 19.7. The van der Waals surface area contributed by atoms with Crippen molar-refractivity contribution in [1.82, 2.24) is 19.4 Å². The van der Waals surface area contributed by atoms with Crippen molar-refractivity contribution in [2.75, 3.05) is 19.8 Å². The van der Waals surface area contributed by atoms with Crippen LogP contribution in [-0.2, 0) is 26.1 Å². The second-order valence-corrected chi connectivity index (χ2v) is 8.53. The van der Waals surface area contributed by atoms with E-state index in [9.17, 15) is 19.4 Å². The van der Waals surface area contributed by atoms with Crippen LogP contribution in [0.15, 0.2) is 79.1 Å². The maximum atomic E-state index is 13.4. The molecule has 4 aromatic rings. The van der Waals surface area contributed by atoms with Gasteiger partial charge in [-0.1, -0.05) is 42.5 Å². The average molecular weight is 489 g/mol. The van der Waals surface area contributed by atoms with Crippen LogP contribution in [0, 0.1) is 5.82 Å². The molecule has 0 unspecified atom stereocenters. The first-order valence-electron chi connectivity index (χ1n) is 11.8. The van der Waals surface area contributed by atoms with Gasteiger partial charge in [0.2, 0.25) is 0 Å². The number of aliphatic hydroxyl groups excluding tert-OH is 2. The summed E-state index contributed by atoms with van der Waals surface area (Å²) < 4.78 is 15.4. The van der Waals surface area contributed by atoms with Gasteiger partial charge in [-0.3, -0.25) is 14.7 Å². The maximum absolute atomic E-state index is 13.4. The lowest BCUT2D eigenvalue weighted by Crippen LogP contribution is -2.27. The molecule has 0 saturated carbocycles. The Balaban J connectivity index is 1.65. The number of aliphatic hydroxyl groups is 2. The zero-order valence-corrected chi connectivity index (χ0v) is 19.9. The highest BCUT2D eigenvalue weighted by Crippen LogP contribution is 2.22. The Kier molecular flexibility index (Phi) is 8.67. The van der Waals surface area contributed by atoms with Crippen LogP contribution in [-0.4, -0.2) is 55.2 Å². The number of hydrogen-bond acceptors (Lipinski definition) is 6. The predicted molar refractivity (Wildman–Crippen MR) is 135 cm³/mol. The molecule has 0 aliphatic heterocycles. The molecule has 2 heterocycles. The third-order valence-electron chi connectivity index (χ3n) is 5.98. The van der Waals surface area contributed by atoms with Crippen LogP contribution in [0.4, 0.5) is 4.39 Å². The topological polar surface area (TPSA) is 91.5 Å². The molecule has 0 spiro atoms. The lowest BCUT2D eigenvalue weighted by Gasteiger charge is -2.22. The van der Waals surface area contributed by atoms with Crippen molar-refractivity contribution in [3.8, 4) is 11.5 Å². The molecule has 0 fully saturated rings. The lowest BCUT2D eigenvalue weighted by atomic mass is 10.1. The van der Waals surface area contributed by atoms with E-state index in [1.165, 1.54) is 18.3 Å². The van der Waals surface area contributed by atoms with Crippen LogP contribution in [0.3, 0.4) is 0 Å². The highest BCUT2D eigenvalue weighted by Gasteiger charge is 2.17. The van der Waals surface area contributed by atoms with Gasteiger partial charge in [-0.05, 0) is 41.8 Å². The molecule has 2 N–H and O–H groups in total. The third-order valence-corrected chi connectivity index (χ3v) is 5.98. The molecule has 0 bridgehead atoms. The van der Waals surface area contributed by atoms with Gasteiger partial charge in [0.25, 0.3) is 0 Å². The molecular weight excluding hydrogens is 459 g/mol. The number of hydrogen-bond donors (Lipinski definition) is 2. The summed E-state index contributed by atoms with van der Waals surface area (Å²) in [4.78, 5) is 23.3. The van der Waals surface area contributed by atoms with E-state index < -0.39 is 6.61 Å². The SMILES string of the molecule is O=C(CO)c1ccnc(-c2ncc(CN(CCO)Cc3ccccc3)n2CCc2ccc(F)cc2)c1. The maximum Gasteiger partial charge on any atom is 0.188 e. The van der Waals surface area contributed by atoms with E-state index >= 15 is 0 Å². The smallest absolute Gasteiger partial charge is 0.188 e. The Labute approximate surface area is 209 Å². The summed E-state index contributed by atoms with van der Waals surface area (Å²) in [5.74, 6) is -0.0680. The number of nitrogens with zero attached hydrogens (tertiary/aromatic N) is 4. The van der Waals surface area contributed by atoms with Gasteiger partial charge in [-0.15, -0.1) is 0 Å². The first-order valence-corrected chi connectivity index (χ1v) is 11.8. The zero-order valence-electron chi connectivity index (χ0n) is 19.9. The molecule has 0 saturated heterocycles. The van der Waals surface area contributed by atoms with E-state index in [0.29, 0.717) is 49.7 Å². The number of carbonyl (C=O) groups excluding carboxylic acids is 1. The summed E-state index contributed by atoms with van der Waals surface area (Å²) in [5.41, 5.74) is 3.94. The van der Waals surface area contributed by atoms with Crippen molar-refractivity contribution in [2.24, 2.45) is 0 Å². The highest BCUT2D eigenvalue weighted by molar-refractivity contribution is 5.97. The van der Waals surface area contributed by atoms with Crippen molar-refractivity contribution < 1.29 is 19.4 Å². The zero-order chi connectivity index (χ0) is 25.3. The van der Waals surface area contributed by atoms with E-state index in [1.807, 2.05) is 22.8 Å². The molecule has 186 valence electrons. The van der Waals surface area contributed by atoms with Crippen LogP contribution >= 0.6 is 0 Å². The van der Waals surface area contributed by atoms with Crippen LogP contribution in [0.2, 0.25) is 0 Å².